The van der Waals surface area contributed by atoms with Crippen molar-refractivity contribution in [1.29, 1.82) is 0 Å². The van der Waals surface area contributed by atoms with Gasteiger partial charge in [-0.05, 0) is 29.2 Å². The highest BCUT2D eigenvalue weighted by Gasteiger charge is 2.30. The second kappa shape index (κ2) is 6.94. The van der Waals surface area contributed by atoms with Gasteiger partial charge in [-0.15, -0.1) is 0 Å². The molecule has 0 amide bonds. The fourth-order valence-corrected chi connectivity index (χ4v) is 3.47. The second-order valence-electron chi connectivity index (χ2n) is 6.57. The summed E-state index contributed by atoms with van der Waals surface area (Å²) in [5.41, 5.74) is 5.17. The average Bonchev–Trinajstić information content (AvgIpc) is 3.09. The topological polar surface area (TPSA) is 24.4 Å². The minimum atomic E-state index is 0.114. The van der Waals surface area contributed by atoms with Gasteiger partial charge in [0.1, 0.15) is 11.9 Å². The van der Waals surface area contributed by atoms with Crippen molar-refractivity contribution in [3.63, 3.8) is 0 Å². The maximum atomic E-state index is 5.06. The molecular weight excluding hydrogens is 304 g/mol. The molecule has 1 aliphatic rings. The van der Waals surface area contributed by atoms with E-state index in [4.69, 9.17) is 4.99 Å². The normalized spacial score (nSPS) is 19.3. The molecular formula is C23H22N2. The number of aliphatic imine (C=N–C) groups is 1. The first kappa shape index (κ1) is 15.6. The third kappa shape index (κ3) is 3.34. The lowest BCUT2D eigenvalue weighted by molar-refractivity contribution is 0.572. The molecule has 1 heterocycles. The zero-order valence-electron chi connectivity index (χ0n) is 14.4. The van der Waals surface area contributed by atoms with E-state index in [1.807, 2.05) is 0 Å². The molecule has 124 valence electrons. The maximum Gasteiger partial charge on any atom is 0.102 e. The lowest BCUT2D eigenvalue weighted by Crippen LogP contribution is -2.25. The number of aryl methyl sites for hydroxylation is 1. The van der Waals surface area contributed by atoms with Crippen LogP contribution in [0, 0.1) is 6.92 Å². The smallest absolute Gasteiger partial charge is 0.102 e. The summed E-state index contributed by atoms with van der Waals surface area (Å²) in [6.45, 7) is 2.16. The number of amidine groups is 1. The van der Waals surface area contributed by atoms with Crippen molar-refractivity contribution in [2.24, 2.45) is 4.99 Å². The molecule has 0 aliphatic carbocycles. The van der Waals surface area contributed by atoms with Crippen LogP contribution in [0.1, 0.15) is 34.3 Å². The molecule has 1 aliphatic heterocycles. The van der Waals surface area contributed by atoms with Crippen molar-refractivity contribution in [2.75, 3.05) is 0 Å². The van der Waals surface area contributed by atoms with Gasteiger partial charge >= 0.3 is 0 Å². The second-order valence-corrected chi connectivity index (χ2v) is 6.57. The maximum absolute atomic E-state index is 5.06. The lowest BCUT2D eigenvalue weighted by Gasteiger charge is -2.19. The standard InChI is InChI=1S/C23H22N2/c1-17-10-8-9-15-20(17)16-21-24-22(18-11-4-2-5-12-18)23(25-21)19-13-6-3-7-14-19/h2-15,22-23H,16H2,1H3,(H,24,25)/t22-,23+. The van der Waals surface area contributed by atoms with Crippen molar-refractivity contribution in [1.82, 2.24) is 5.32 Å². The summed E-state index contributed by atoms with van der Waals surface area (Å²) in [6, 6.07) is 30.0. The minimum absolute atomic E-state index is 0.114. The van der Waals surface area contributed by atoms with Crippen molar-refractivity contribution in [3.05, 3.63) is 107 Å². The molecule has 0 saturated carbocycles. The molecule has 0 radical (unpaired) electrons. The Kier molecular flexibility index (Phi) is 4.34. The van der Waals surface area contributed by atoms with Crippen LogP contribution in [0.3, 0.4) is 0 Å². The Balaban J connectivity index is 1.66. The molecule has 4 rings (SSSR count). The molecule has 0 bridgehead atoms. The van der Waals surface area contributed by atoms with Crippen LogP contribution in [0.2, 0.25) is 0 Å². The Labute approximate surface area is 149 Å². The van der Waals surface area contributed by atoms with E-state index in [9.17, 15) is 0 Å². The summed E-state index contributed by atoms with van der Waals surface area (Å²) >= 11 is 0. The van der Waals surface area contributed by atoms with Gasteiger partial charge in [-0.2, -0.15) is 0 Å². The number of benzene rings is 3. The summed E-state index contributed by atoms with van der Waals surface area (Å²) in [5.74, 6) is 1.07. The van der Waals surface area contributed by atoms with Gasteiger partial charge in [0, 0.05) is 6.42 Å². The zero-order valence-corrected chi connectivity index (χ0v) is 14.4. The van der Waals surface area contributed by atoms with E-state index in [1.54, 1.807) is 0 Å². The van der Waals surface area contributed by atoms with Crippen LogP contribution < -0.4 is 5.32 Å². The molecule has 0 saturated heterocycles. The highest BCUT2D eigenvalue weighted by molar-refractivity contribution is 5.87. The third-order valence-electron chi connectivity index (χ3n) is 4.85. The molecule has 2 atom stereocenters. The Morgan fingerprint density at radius 2 is 1.36 bits per heavy atom. The van der Waals surface area contributed by atoms with Crippen LogP contribution in [-0.2, 0) is 6.42 Å². The first-order valence-corrected chi connectivity index (χ1v) is 8.79. The van der Waals surface area contributed by atoms with Gasteiger partial charge in [-0.3, -0.25) is 4.99 Å². The van der Waals surface area contributed by atoms with Crippen LogP contribution in [-0.4, -0.2) is 5.84 Å². The summed E-state index contributed by atoms with van der Waals surface area (Å²) in [4.78, 5) is 5.06. The number of hydrogen-bond acceptors (Lipinski definition) is 2. The fourth-order valence-electron chi connectivity index (χ4n) is 3.47. The van der Waals surface area contributed by atoms with Crippen LogP contribution in [0.4, 0.5) is 0 Å². The predicted molar refractivity (Wildman–Crippen MR) is 104 cm³/mol. The molecule has 1 N–H and O–H groups in total. The molecule has 0 unspecified atom stereocenters. The van der Waals surface area contributed by atoms with Gasteiger partial charge in [0.2, 0.25) is 0 Å². The molecule has 2 nitrogen and oxygen atoms in total. The van der Waals surface area contributed by atoms with Crippen LogP contribution in [0.15, 0.2) is 89.9 Å². The monoisotopic (exact) mass is 326 g/mol. The predicted octanol–water partition coefficient (Wildman–Crippen LogP) is 5.02. The third-order valence-corrected chi connectivity index (χ3v) is 4.85. The largest absolute Gasteiger partial charge is 0.364 e. The van der Waals surface area contributed by atoms with Crippen molar-refractivity contribution in [2.45, 2.75) is 25.4 Å². The average molecular weight is 326 g/mol. The van der Waals surface area contributed by atoms with Gasteiger partial charge < -0.3 is 5.32 Å². The van der Waals surface area contributed by atoms with E-state index < -0.39 is 0 Å². The first-order chi connectivity index (χ1) is 12.3. The number of nitrogens with one attached hydrogen (secondary N) is 1. The van der Waals surface area contributed by atoms with Crippen LogP contribution >= 0.6 is 0 Å². The van der Waals surface area contributed by atoms with Gasteiger partial charge in [0.15, 0.2) is 0 Å². The quantitative estimate of drug-likeness (QED) is 0.715. The zero-order chi connectivity index (χ0) is 17.1. The highest BCUT2D eigenvalue weighted by Crippen LogP contribution is 2.36. The van der Waals surface area contributed by atoms with Gasteiger partial charge in [-0.25, -0.2) is 0 Å². The lowest BCUT2D eigenvalue weighted by atomic mass is 9.95. The summed E-state index contributed by atoms with van der Waals surface area (Å²) in [5, 5.41) is 3.68. The molecule has 0 aromatic heterocycles. The van der Waals surface area contributed by atoms with Crippen molar-refractivity contribution in [3.8, 4) is 0 Å². The summed E-state index contributed by atoms with van der Waals surface area (Å²) in [6.07, 6.45) is 0.847. The molecule has 0 fully saturated rings. The van der Waals surface area contributed by atoms with Crippen molar-refractivity contribution < 1.29 is 0 Å². The summed E-state index contributed by atoms with van der Waals surface area (Å²) < 4.78 is 0. The van der Waals surface area contributed by atoms with E-state index in [-0.39, 0.29) is 12.1 Å². The van der Waals surface area contributed by atoms with E-state index >= 15 is 0 Å². The van der Waals surface area contributed by atoms with Gasteiger partial charge in [0.05, 0.1) is 6.04 Å². The minimum Gasteiger partial charge on any atom is -0.364 e. The van der Waals surface area contributed by atoms with Crippen molar-refractivity contribution >= 4 is 5.84 Å². The number of rotatable bonds is 4. The molecule has 3 aromatic rings. The molecule has 2 heteroatoms. The fraction of sp³-hybridized carbons (Fsp3) is 0.174. The van der Waals surface area contributed by atoms with Gasteiger partial charge in [0.25, 0.3) is 0 Å². The number of nitrogens with zero attached hydrogens (tertiary/aromatic N) is 1. The molecule has 25 heavy (non-hydrogen) atoms. The number of hydrogen-bond donors (Lipinski definition) is 1. The van der Waals surface area contributed by atoms with E-state index in [2.05, 4.69) is 97.2 Å². The van der Waals surface area contributed by atoms with Crippen LogP contribution in [0.25, 0.3) is 0 Å². The molecule has 0 spiro atoms. The van der Waals surface area contributed by atoms with Crippen LogP contribution in [0.5, 0.6) is 0 Å². The van der Waals surface area contributed by atoms with Gasteiger partial charge in [-0.1, -0.05) is 84.9 Å². The van der Waals surface area contributed by atoms with E-state index in [0.717, 1.165) is 12.3 Å². The Morgan fingerprint density at radius 3 is 2.04 bits per heavy atom. The Morgan fingerprint density at radius 1 is 0.760 bits per heavy atom. The Hall–Kier alpha value is -2.87. The molecule has 3 aromatic carbocycles. The highest BCUT2D eigenvalue weighted by atomic mass is 15.1. The Bertz CT molecular complexity index is 869. The summed E-state index contributed by atoms with van der Waals surface area (Å²) in [7, 11) is 0. The van der Waals surface area contributed by atoms with E-state index in [0.29, 0.717) is 0 Å². The first-order valence-electron chi connectivity index (χ1n) is 8.79. The SMILES string of the molecule is Cc1ccccc1CC1=N[C@@H](c2ccccc2)[C@@H](c2ccccc2)N1. The van der Waals surface area contributed by atoms with E-state index in [1.165, 1.54) is 22.3 Å².